The van der Waals surface area contributed by atoms with Crippen LogP contribution in [0.5, 0.6) is 23.0 Å². The van der Waals surface area contributed by atoms with Crippen molar-refractivity contribution in [1.82, 2.24) is 0 Å². The predicted octanol–water partition coefficient (Wildman–Crippen LogP) is 6.08. The van der Waals surface area contributed by atoms with Crippen LogP contribution in [0.15, 0.2) is 127 Å². The van der Waals surface area contributed by atoms with Crippen LogP contribution in [0.3, 0.4) is 0 Å². The second kappa shape index (κ2) is 10.0. The standard InChI is InChI=1S/C30H25N2O3P/c31-22-9-7-11-24(19-22)34-26-17-18-30(29(21-26)35-25-12-8-10-23(32)20-25)36(33,27-13-3-1-4-14-27)28-15-5-2-6-16-28/h1-21H,31-32H2. The number of hydrogen-bond acceptors (Lipinski definition) is 5. The van der Waals surface area contributed by atoms with Crippen LogP contribution in [0.1, 0.15) is 0 Å². The summed E-state index contributed by atoms with van der Waals surface area (Å²) in [5.74, 6) is 2.06. The summed E-state index contributed by atoms with van der Waals surface area (Å²) < 4.78 is 27.4. The Morgan fingerprint density at radius 2 is 1.00 bits per heavy atom. The van der Waals surface area contributed by atoms with Crippen molar-refractivity contribution >= 4 is 34.4 Å². The summed E-state index contributed by atoms with van der Waals surface area (Å²) in [6.07, 6.45) is 0. The Hall–Kier alpha value is -4.47. The van der Waals surface area contributed by atoms with Gasteiger partial charge in [-0.3, -0.25) is 0 Å². The topological polar surface area (TPSA) is 87.6 Å². The molecule has 6 heteroatoms. The highest BCUT2D eigenvalue weighted by Crippen LogP contribution is 2.46. The molecule has 0 aliphatic rings. The Kier molecular flexibility index (Phi) is 6.48. The molecule has 0 fully saturated rings. The normalized spacial score (nSPS) is 11.1. The highest BCUT2D eigenvalue weighted by atomic mass is 31.2. The monoisotopic (exact) mass is 492 g/mol. The van der Waals surface area contributed by atoms with Crippen LogP contribution in [0.2, 0.25) is 0 Å². The molecule has 5 rings (SSSR count). The minimum atomic E-state index is -3.30. The Bertz CT molecular complexity index is 1500. The van der Waals surface area contributed by atoms with Gasteiger partial charge in [-0.2, -0.15) is 0 Å². The van der Waals surface area contributed by atoms with Gasteiger partial charge in [-0.1, -0.05) is 72.8 Å². The first kappa shape index (κ1) is 23.3. The zero-order chi connectivity index (χ0) is 25.0. The minimum absolute atomic E-state index is 0.415. The number of rotatable bonds is 7. The zero-order valence-corrected chi connectivity index (χ0v) is 20.3. The fourth-order valence-corrected chi connectivity index (χ4v) is 6.77. The van der Waals surface area contributed by atoms with Crippen molar-refractivity contribution < 1.29 is 14.0 Å². The van der Waals surface area contributed by atoms with Gasteiger partial charge in [0.1, 0.15) is 23.0 Å². The van der Waals surface area contributed by atoms with Gasteiger partial charge < -0.3 is 25.5 Å². The molecule has 0 heterocycles. The molecule has 0 atom stereocenters. The molecule has 0 aromatic heterocycles. The van der Waals surface area contributed by atoms with E-state index in [0.717, 1.165) is 0 Å². The summed E-state index contributed by atoms with van der Waals surface area (Å²) in [6.45, 7) is 0. The lowest BCUT2D eigenvalue weighted by Gasteiger charge is -2.23. The largest absolute Gasteiger partial charge is 0.457 e. The molecule has 0 radical (unpaired) electrons. The van der Waals surface area contributed by atoms with E-state index in [9.17, 15) is 0 Å². The molecule has 0 bridgehead atoms. The molecule has 5 nitrogen and oxygen atoms in total. The van der Waals surface area contributed by atoms with Crippen molar-refractivity contribution in [3.63, 3.8) is 0 Å². The summed E-state index contributed by atoms with van der Waals surface area (Å²) in [5.41, 5.74) is 13.1. The molecular weight excluding hydrogens is 467 g/mol. The third-order valence-corrected chi connectivity index (χ3v) is 8.79. The van der Waals surface area contributed by atoms with Gasteiger partial charge >= 0.3 is 0 Å². The number of nitrogens with two attached hydrogens (primary N) is 2. The molecule has 0 spiro atoms. The second-order valence-corrected chi connectivity index (χ2v) is 11.0. The summed E-state index contributed by atoms with van der Waals surface area (Å²) in [5, 5.41) is 1.97. The van der Waals surface area contributed by atoms with E-state index in [0.29, 0.717) is 50.3 Å². The maximum absolute atomic E-state index is 15.0. The smallest absolute Gasteiger partial charge is 0.174 e. The molecule has 0 unspecified atom stereocenters. The second-order valence-electron chi connectivity index (χ2n) is 8.26. The van der Waals surface area contributed by atoms with Crippen molar-refractivity contribution in [1.29, 1.82) is 0 Å². The number of ether oxygens (including phenoxy) is 2. The van der Waals surface area contributed by atoms with Crippen LogP contribution >= 0.6 is 7.14 Å². The molecule has 0 saturated carbocycles. The van der Waals surface area contributed by atoms with E-state index in [1.165, 1.54) is 0 Å². The Morgan fingerprint density at radius 3 is 1.53 bits per heavy atom. The SMILES string of the molecule is Nc1cccc(Oc2ccc(P(=O)(c3ccccc3)c3ccccc3)c(Oc3cccc(N)c3)c2)c1. The van der Waals surface area contributed by atoms with Gasteiger partial charge in [-0.05, 0) is 36.4 Å². The van der Waals surface area contributed by atoms with E-state index in [4.69, 9.17) is 20.9 Å². The molecule has 0 amide bonds. The van der Waals surface area contributed by atoms with Gasteiger partial charge in [-0.25, -0.2) is 0 Å². The molecule has 178 valence electrons. The van der Waals surface area contributed by atoms with Crippen molar-refractivity contribution in [2.75, 3.05) is 11.5 Å². The van der Waals surface area contributed by atoms with E-state index in [1.807, 2.05) is 91.0 Å². The lowest BCUT2D eigenvalue weighted by Crippen LogP contribution is -2.26. The summed E-state index contributed by atoms with van der Waals surface area (Å²) in [4.78, 5) is 0. The van der Waals surface area contributed by atoms with Crippen LogP contribution in [-0.4, -0.2) is 0 Å². The first-order chi connectivity index (χ1) is 17.5. The fourth-order valence-electron chi connectivity index (χ4n) is 4.02. The number of anilines is 2. The van der Waals surface area contributed by atoms with Crippen molar-refractivity contribution in [2.24, 2.45) is 0 Å². The van der Waals surface area contributed by atoms with E-state index < -0.39 is 7.14 Å². The summed E-state index contributed by atoms with van der Waals surface area (Å²) in [7, 11) is -3.30. The Balaban J connectivity index is 1.68. The highest BCUT2D eigenvalue weighted by molar-refractivity contribution is 7.85. The molecular formula is C30H25N2O3P. The van der Waals surface area contributed by atoms with Gasteiger partial charge in [0.15, 0.2) is 7.14 Å². The van der Waals surface area contributed by atoms with Crippen LogP contribution < -0.4 is 36.9 Å². The van der Waals surface area contributed by atoms with Crippen molar-refractivity contribution in [3.05, 3.63) is 127 Å². The van der Waals surface area contributed by atoms with E-state index in [-0.39, 0.29) is 0 Å². The van der Waals surface area contributed by atoms with Gasteiger partial charge in [-0.15, -0.1) is 0 Å². The lowest BCUT2D eigenvalue weighted by molar-refractivity contribution is 0.463. The molecule has 0 aliphatic heterocycles. The third-order valence-electron chi connectivity index (χ3n) is 5.69. The molecule has 0 aliphatic carbocycles. The van der Waals surface area contributed by atoms with Gasteiger partial charge in [0, 0.05) is 40.2 Å². The quantitative estimate of drug-likeness (QED) is 0.213. The lowest BCUT2D eigenvalue weighted by atomic mass is 10.3. The van der Waals surface area contributed by atoms with Crippen LogP contribution in [0, 0.1) is 0 Å². The highest BCUT2D eigenvalue weighted by Gasteiger charge is 2.33. The van der Waals surface area contributed by atoms with Gasteiger partial charge in [0.25, 0.3) is 0 Å². The van der Waals surface area contributed by atoms with Crippen molar-refractivity contribution in [3.8, 4) is 23.0 Å². The minimum Gasteiger partial charge on any atom is -0.457 e. The maximum Gasteiger partial charge on any atom is 0.174 e. The summed E-state index contributed by atoms with van der Waals surface area (Å²) >= 11 is 0. The number of nitrogen functional groups attached to an aromatic ring is 2. The Labute approximate surface area is 210 Å². The van der Waals surface area contributed by atoms with Gasteiger partial charge in [0.05, 0.1) is 5.30 Å². The predicted molar refractivity (Wildman–Crippen MR) is 148 cm³/mol. The molecule has 0 saturated heterocycles. The average Bonchev–Trinajstić information content (AvgIpc) is 2.89. The average molecular weight is 493 g/mol. The first-order valence-corrected chi connectivity index (χ1v) is 13.2. The Morgan fingerprint density at radius 1 is 0.500 bits per heavy atom. The van der Waals surface area contributed by atoms with E-state index in [2.05, 4.69) is 0 Å². The van der Waals surface area contributed by atoms with Crippen molar-refractivity contribution in [2.45, 2.75) is 0 Å². The first-order valence-electron chi connectivity index (χ1n) is 11.4. The van der Waals surface area contributed by atoms with Crippen LogP contribution in [-0.2, 0) is 4.57 Å². The van der Waals surface area contributed by atoms with Crippen LogP contribution in [0.25, 0.3) is 0 Å². The van der Waals surface area contributed by atoms with E-state index >= 15 is 4.57 Å². The molecule has 5 aromatic carbocycles. The number of benzene rings is 5. The van der Waals surface area contributed by atoms with Crippen LogP contribution in [0.4, 0.5) is 11.4 Å². The molecule has 4 N–H and O–H groups in total. The third kappa shape index (κ3) is 4.83. The maximum atomic E-state index is 15.0. The fraction of sp³-hybridized carbons (Fsp3) is 0. The summed E-state index contributed by atoms with van der Waals surface area (Å²) in [6, 6.07) is 38.6. The molecule has 36 heavy (non-hydrogen) atoms. The molecule has 5 aromatic rings. The van der Waals surface area contributed by atoms with Gasteiger partial charge in [0.2, 0.25) is 0 Å². The zero-order valence-electron chi connectivity index (χ0n) is 19.5. The van der Waals surface area contributed by atoms with E-state index in [1.54, 1.807) is 36.4 Å². The number of hydrogen-bond donors (Lipinski definition) is 2.